The van der Waals surface area contributed by atoms with Crippen molar-refractivity contribution in [3.8, 4) is 28.5 Å². The maximum atomic E-state index is 13.3. The monoisotopic (exact) mass is 489 g/mol. The van der Waals surface area contributed by atoms with Crippen LogP contribution in [0.2, 0.25) is 0 Å². The van der Waals surface area contributed by atoms with Crippen molar-refractivity contribution in [1.29, 1.82) is 0 Å². The van der Waals surface area contributed by atoms with Crippen molar-refractivity contribution in [3.05, 3.63) is 77.1 Å². The summed E-state index contributed by atoms with van der Waals surface area (Å²) in [6.07, 6.45) is 0. The fourth-order valence-electron chi connectivity index (χ4n) is 4.32. The Labute approximate surface area is 209 Å². The lowest BCUT2D eigenvalue weighted by atomic mass is 10.1. The van der Waals surface area contributed by atoms with Gasteiger partial charge in [-0.1, -0.05) is 17.3 Å². The van der Waals surface area contributed by atoms with Gasteiger partial charge in [0.1, 0.15) is 30.5 Å². The molecule has 0 unspecified atom stereocenters. The molecule has 36 heavy (non-hydrogen) atoms. The molecule has 0 saturated carbocycles. The number of hydrogen-bond donors (Lipinski definition) is 1. The first-order valence-corrected chi connectivity index (χ1v) is 11.6. The first-order valence-electron chi connectivity index (χ1n) is 11.6. The Kier molecular flexibility index (Phi) is 6.52. The first kappa shape index (κ1) is 23.7. The number of aromatic amines is 1. The van der Waals surface area contributed by atoms with Gasteiger partial charge in [0.25, 0.3) is 0 Å². The molecule has 1 N–H and O–H groups in total. The fraction of sp³-hybridized carbons (Fsp3) is 0.250. The van der Waals surface area contributed by atoms with Crippen LogP contribution in [0.25, 0.3) is 22.2 Å². The highest BCUT2D eigenvalue weighted by Gasteiger charge is 2.32. The van der Waals surface area contributed by atoms with Crippen LogP contribution in [0.3, 0.4) is 0 Å². The number of nitrogens with one attached hydrogen (secondary N) is 1. The highest BCUT2D eigenvalue weighted by molar-refractivity contribution is 6.30. The smallest absolute Gasteiger partial charge is 0.161 e. The predicted octanol–water partition coefficient (Wildman–Crippen LogP) is 5.21. The molecule has 1 aliphatic carbocycles. The number of fused-ring (bicyclic) bond motifs is 5. The zero-order chi connectivity index (χ0) is 25.2. The molecule has 7 nitrogen and oxygen atoms in total. The number of oxime groups is 1. The van der Waals surface area contributed by atoms with Crippen molar-refractivity contribution in [2.75, 3.05) is 41.5 Å². The van der Waals surface area contributed by atoms with Gasteiger partial charge in [-0.15, -0.1) is 0 Å². The van der Waals surface area contributed by atoms with Crippen molar-refractivity contribution in [2.45, 2.75) is 6.61 Å². The molecule has 0 saturated heterocycles. The third kappa shape index (κ3) is 4.47. The summed E-state index contributed by atoms with van der Waals surface area (Å²) < 4.78 is 30.4. The molecule has 0 atom stereocenters. The summed E-state index contributed by atoms with van der Waals surface area (Å²) in [7, 11) is 7.25. The zero-order valence-corrected chi connectivity index (χ0v) is 20.7. The highest BCUT2D eigenvalue weighted by Crippen LogP contribution is 2.46. The van der Waals surface area contributed by atoms with Gasteiger partial charge in [0, 0.05) is 34.1 Å². The molecule has 186 valence electrons. The quantitative estimate of drug-likeness (QED) is 0.288. The second-order valence-electron chi connectivity index (χ2n) is 8.83. The Balaban J connectivity index is 1.57. The minimum absolute atomic E-state index is 0.211. The fourth-order valence-corrected chi connectivity index (χ4v) is 4.32. The standard InChI is InChI=1S/C28H28FN3O4/c1-32(2)11-12-35-19-9-10-23-22(13-19)26-27(30-23)20-14-24(33-3)25(34-4)15-21(20)28(26)31-36-16-17-5-7-18(29)8-6-17/h5-10,13-15,30H,11-12,16H2,1-4H3/b31-28-. The number of nitrogens with zero attached hydrogens (tertiary/aromatic N) is 2. The van der Waals surface area contributed by atoms with Crippen molar-refractivity contribution in [1.82, 2.24) is 9.88 Å². The van der Waals surface area contributed by atoms with Crippen LogP contribution >= 0.6 is 0 Å². The Hall–Kier alpha value is -4.04. The average molecular weight is 490 g/mol. The molecule has 4 aromatic rings. The number of aromatic nitrogens is 1. The number of methoxy groups -OCH3 is 2. The van der Waals surface area contributed by atoms with Crippen molar-refractivity contribution < 1.29 is 23.4 Å². The van der Waals surface area contributed by atoms with Gasteiger partial charge >= 0.3 is 0 Å². The number of ether oxygens (including phenoxy) is 3. The predicted molar refractivity (Wildman–Crippen MR) is 138 cm³/mol. The largest absolute Gasteiger partial charge is 0.493 e. The summed E-state index contributed by atoms with van der Waals surface area (Å²) in [5.41, 5.74) is 6.13. The number of rotatable bonds is 9. The molecule has 0 bridgehead atoms. The molecule has 0 fully saturated rings. The minimum Gasteiger partial charge on any atom is -0.493 e. The molecule has 0 amide bonds. The Morgan fingerprint density at radius 1 is 0.917 bits per heavy atom. The molecular formula is C28H28FN3O4. The molecule has 0 radical (unpaired) electrons. The van der Waals surface area contributed by atoms with E-state index in [4.69, 9.17) is 19.0 Å². The topological polar surface area (TPSA) is 68.3 Å². The van der Waals surface area contributed by atoms with Crippen LogP contribution in [0.5, 0.6) is 17.2 Å². The minimum atomic E-state index is -0.289. The molecule has 1 heterocycles. The third-order valence-corrected chi connectivity index (χ3v) is 6.16. The number of halogens is 1. The van der Waals surface area contributed by atoms with Crippen LogP contribution < -0.4 is 14.2 Å². The maximum Gasteiger partial charge on any atom is 0.161 e. The summed E-state index contributed by atoms with van der Waals surface area (Å²) in [5, 5.41) is 5.53. The third-order valence-electron chi connectivity index (χ3n) is 6.16. The lowest BCUT2D eigenvalue weighted by Gasteiger charge is -2.12. The van der Waals surface area contributed by atoms with Gasteiger partial charge < -0.3 is 28.9 Å². The molecule has 1 aromatic heterocycles. The van der Waals surface area contributed by atoms with Crippen LogP contribution in [0.15, 0.2) is 59.8 Å². The molecule has 5 rings (SSSR count). The molecule has 0 aliphatic heterocycles. The number of likely N-dealkylation sites (N-methyl/N-ethyl adjacent to an activating group) is 1. The number of H-pyrrole nitrogens is 1. The van der Waals surface area contributed by atoms with Gasteiger partial charge in [-0.3, -0.25) is 0 Å². The summed E-state index contributed by atoms with van der Waals surface area (Å²) in [5.74, 6) is 1.72. The number of hydrogen-bond acceptors (Lipinski definition) is 6. The van der Waals surface area contributed by atoms with E-state index < -0.39 is 0 Å². The van der Waals surface area contributed by atoms with Crippen LogP contribution in [0.4, 0.5) is 4.39 Å². The van der Waals surface area contributed by atoms with E-state index in [2.05, 4.69) is 15.0 Å². The molecule has 0 spiro atoms. The van der Waals surface area contributed by atoms with Crippen LogP contribution in [0.1, 0.15) is 16.7 Å². The van der Waals surface area contributed by atoms with Gasteiger partial charge in [-0.25, -0.2) is 4.39 Å². The summed E-state index contributed by atoms with van der Waals surface area (Å²) in [6.45, 7) is 1.61. The Morgan fingerprint density at radius 2 is 1.64 bits per heavy atom. The summed E-state index contributed by atoms with van der Waals surface area (Å²) >= 11 is 0. The van der Waals surface area contributed by atoms with E-state index in [0.29, 0.717) is 23.8 Å². The lowest BCUT2D eigenvalue weighted by molar-refractivity contribution is 0.131. The van der Waals surface area contributed by atoms with E-state index in [1.54, 1.807) is 26.4 Å². The van der Waals surface area contributed by atoms with Crippen molar-refractivity contribution in [2.24, 2.45) is 5.16 Å². The van der Waals surface area contributed by atoms with Crippen LogP contribution in [-0.2, 0) is 11.4 Å². The van der Waals surface area contributed by atoms with E-state index in [0.717, 1.165) is 51.1 Å². The second kappa shape index (κ2) is 9.91. The van der Waals surface area contributed by atoms with Crippen molar-refractivity contribution >= 4 is 16.6 Å². The van der Waals surface area contributed by atoms with E-state index in [9.17, 15) is 4.39 Å². The van der Waals surface area contributed by atoms with Gasteiger partial charge in [-0.2, -0.15) is 0 Å². The van der Waals surface area contributed by atoms with Gasteiger partial charge in [0.2, 0.25) is 0 Å². The normalized spacial score (nSPS) is 13.2. The van der Waals surface area contributed by atoms with E-state index >= 15 is 0 Å². The molecule has 3 aromatic carbocycles. The van der Waals surface area contributed by atoms with E-state index in [1.165, 1.54) is 12.1 Å². The SMILES string of the molecule is COc1cc2c(cc1OC)-c1[nH]c3ccc(OCCN(C)C)cc3c1/C2=N\OCc1ccc(F)cc1. The second-order valence-corrected chi connectivity index (χ2v) is 8.83. The lowest BCUT2D eigenvalue weighted by Crippen LogP contribution is -2.19. The zero-order valence-electron chi connectivity index (χ0n) is 20.7. The van der Waals surface area contributed by atoms with E-state index in [1.807, 2.05) is 44.4 Å². The summed E-state index contributed by atoms with van der Waals surface area (Å²) in [6, 6.07) is 16.0. The van der Waals surface area contributed by atoms with Crippen LogP contribution in [-0.4, -0.2) is 57.1 Å². The van der Waals surface area contributed by atoms with E-state index in [-0.39, 0.29) is 12.4 Å². The molecule has 1 aliphatic rings. The Bertz CT molecular complexity index is 1430. The van der Waals surface area contributed by atoms with Gasteiger partial charge in [0.15, 0.2) is 11.5 Å². The Morgan fingerprint density at radius 3 is 2.33 bits per heavy atom. The summed E-state index contributed by atoms with van der Waals surface area (Å²) in [4.78, 5) is 11.4. The highest BCUT2D eigenvalue weighted by atomic mass is 19.1. The maximum absolute atomic E-state index is 13.3. The first-order chi connectivity index (χ1) is 17.5. The van der Waals surface area contributed by atoms with Crippen molar-refractivity contribution in [3.63, 3.8) is 0 Å². The van der Waals surface area contributed by atoms with Gasteiger partial charge in [-0.05, 0) is 62.1 Å². The van der Waals surface area contributed by atoms with Crippen LogP contribution in [0, 0.1) is 5.82 Å². The average Bonchev–Trinajstić information content (AvgIpc) is 3.38. The van der Waals surface area contributed by atoms with Gasteiger partial charge in [0.05, 0.1) is 19.9 Å². The molecule has 8 heteroatoms. The number of benzene rings is 3. The molecular weight excluding hydrogens is 461 g/mol.